The van der Waals surface area contributed by atoms with Crippen LogP contribution in [-0.2, 0) is 14.3 Å². The molecular formula is C18H15ClN2O5. The molecular weight excluding hydrogens is 360 g/mol. The molecule has 0 unspecified atom stereocenters. The fourth-order valence-corrected chi connectivity index (χ4v) is 2.08. The van der Waals surface area contributed by atoms with Gasteiger partial charge in [0.1, 0.15) is 17.6 Å². The van der Waals surface area contributed by atoms with Crippen LogP contribution in [0, 0.1) is 11.3 Å². The van der Waals surface area contributed by atoms with Crippen LogP contribution < -0.4 is 14.8 Å². The van der Waals surface area contributed by atoms with Gasteiger partial charge >= 0.3 is 5.97 Å². The number of hydrogen-bond acceptors (Lipinski definition) is 6. The molecule has 0 radical (unpaired) electrons. The first-order valence-electron chi connectivity index (χ1n) is 7.44. The van der Waals surface area contributed by atoms with Gasteiger partial charge in [0.05, 0.1) is 18.4 Å². The van der Waals surface area contributed by atoms with Gasteiger partial charge in [-0.15, -0.1) is 0 Å². The van der Waals surface area contributed by atoms with Gasteiger partial charge in [0, 0.05) is 5.02 Å². The third kappa shape index (κ3) is 5.69. The van der Waals surface area contributed by atoms with E-state index in [0.717, 1.165) is 0 Å². The van der Waals surface area contributed by atoms with E-state index in [1.165, 1.54) is 18.2 Å². The highest BCUT2D eigenvalue weighted by molar-refractivity contribution is 6.31. The SMILES string of the molecule is COc1ccc(OCC(=O)OCC(=O)Nc2cc(Cl)ccc2C#N)cc1. The van der Waals surface area contributed by atoms with Gasteiger partial charge in [0.25, 0.3) is 5.91 Å². The Morgan fingerprint density at radius 2 is 1.81 bits per heavy atom. The van der Waals surface area contributed by atoms with Crippen molar-refractivity contribution in [2.24, 2.45) is 0 Å². The first-order valence-corrected chi connectivity index (χ1v) is 7.81. The molecule has 0 aliphatic carbocycles. The molecule has 1 N–H and O–H groups in total. The van der Waals surface area contributed by atoms with Crippen molar-refractivity contribution in [3.63, 3.8) is 0 Å². The number of methoxy groups -OCH3 is 1. The smallest absolute Gasteiger partial charge is 0.344 e. The van der Waals surface area contributed by atoms with Crippen LogP contribution in [0.5, 0.6) is 11.5 Å². The molecule has 2 rings (SSSR count). The Balaban J connectivity index is 1.79. The average Bonchev–Trinajstić information content (AvgIpc) is 2.65. The Morgan fingerprint density at radius 1 is 1.12 bits per heavy atom. The summed E-state index contributed by atoms with van der Waals surface area (Å²) >= 11 is 5.83. The Morgan fingerprint density at radius 3 is 2.46 bits per heavy atom. The molecule has 1 amide bonds. The highest BCUT2D eigenvalue weighted by Crippen LogP contribution is 2.20. The molecule has 26 heavy (non-hydrogen) atoms. The van der Waals surface area contributed by atoms with Gasteiger partial charge in [-0.25, -0.2) is 4.79 Å². The molecule has 2 aromatic rings. The van der Waals surface area contributed by atoms with Gasteiger partial charge in [0.2, 0.25) is 0 Å². The predicted molar refractivity (Wildman–Crippen MR) is 94.2 cm³/mol. The molecule has 0 bridgehead atoms. The molecule has 0 aliphatic heterocycles. The lowest BCUT2D eigenvalue weighted by Crippen LogP contribution is -2.24. The van der Waals surface area contributed by atoms with Gasteiger partial charge in [-0.1, -0.05) is 11.6 Å². The molecule has 7 nitrogen and oxygen atoms in total. The molecule has 0 aromatic heterocycles. The number of nitriles is 1. The fourth-order valence-electron chi connectivity index (χ4n) is 1.91. The molecule has 0 spiro atoms. The number of rotatable bonds is 7. The number of anilines is 1. The van der Waals surface area contributed by atoms with E-state index in [4.69, 9.17) is 31.1 Å². The standard InChI is InChI=1S/C18H15ClN2O5/c1-24-14-4-6-15(7-5-14)25-11-18(23)26-10-17(22)21-16-8-13(19)3-2-12(16)9-20/h2-8H,10-11H2,1H3,(H,21,22). The van der Waals surface area contributed by atoms with Crippen molar-refractivity contribution in [3.8, 4) is 17.6 Å². The number of halogens is 1. The van der Waals surface area contributed by atoms with Crippen LogP contribution in [-0.4, -0.2) is 32.2 Å². The number of hydrogen-bond donors (Lipinski definition) is 1. The van der Waals surface area contributed by atoms with Gasteiger partial charge in [0.15, 0.2) is 13.2 Å². The minimum atomic E-state index is -0.706. The van der Waals surface area contributed by atoms with Crippen molar-refractivity contribution < 1.29 is 23.8 Å². The average molecular weight is 375 g/mol. The summed E-state index contributed by atoms with van der Waals surface area (Å²) < 4.78 is 15.1. The van der Waals surface area contributed by atoms with Gasteiger partial charge < -0.3 is 19.5 Å². The Bertz CT molecular complexity index is 830. The maximum Gasteiger partial charge on any atom is 0.344 e. The molecule has 2 aromatic carbocycles. The summed E-state index contributed by atoms with van der Waals surface area (Å²) in [5.74, 6) is -0.178. The lowest BCUT2D eigenvalue weighted by molar-refractivity contribution is -0.149. The topological polar surface area (TPSA) is 97.7 Å². The third-order valence-corrected chi connectivity index (χ3v) is 3.39. The second-order valence-corrected chi connectivity index (χ2v) is 5.41. The summed E-state index contributed by atoms with van der Waals surface area (Å²) in [7, 11) is 1.54. The van der Waals surface area contributed by atoms with Crippen LogP contribution in [0.25, 0.3) is 0 Å². The van der Waals surface area contributed by atoms with Crippen molar-refractivity contribution in [2.45, 2.75) is 0 Å². The molecule has 0 saturated carbocycles. The summed E-state index contributed by atoms with van der Waals surface area (Å²) in [6.45, 7) is -0.859. The highest BCUT2D eigenvalue weighted by atomic mass is 35.5. The van der Waals surface area contributed by atoms with Crippen LogP contribution in [0.2, 0.25) is 5.02 Å². The first kappa shape index (κ1) is 19.1. The molecule has 8 heteroatoms. The van der Waals surface area contributed by atoms with Crippen molar-refractivity contribution in [1.82, 2.24) is 0 Å². The Hall–Kier alpha value is -3.24. The number of ether oxygens (including phenoxy) is 3. The molecule has 0 aliphatic rings. The number of amides is 1. The second kappa shape index (κ2) is 9.30. The van der Waals surface area contributed by atoms with Crippen molar-refractivity contribution in [2.75, 3.05) is 25.6 Å². The van der Waals surface area contributed by atoms with Crippen molar-refractivity contribution >= 4 is 29.2 Å². The minimum Gasteiger partial charge on any atom is -0.497 e. The number of esters is 1. The lowest BCUT2D eigenvalue weighted by atomic mass is 10.2. The van der Waals surface area contributed by atoms with Crippen molar-refractivity contribution in [3.05, 3.63) is 53.1 Å². The van der Waals surface area contributed by atoms with Crippen LogP contribution in [0.15, 0.2) is 42.5 Å². The number of nitrogens with zero attached hydrogens (tertiary/aromatic N) is 1. The number of benzene rings is 2. The van der Waals surface area contributed by atoms with Crippen LogP contribution in [0.3, 0.4) is 0 Å². The zero-order valence-electron chi connectivity index (χ0n) is 13.8. The van der Waals surface area contributed by atoms with E-state index in [1.807, 2.05) is 6.07 Å². The molecule has 0 atom stereocenters. The van der Waals surface area contributed by atoms with Gasteiger partial charge in [-0.3, -0.25) is 4.79 Å². The zero-order valence-corrected chi connectivity index (χ0v) is 14.6. The number of carbonyl (C=O) groups excluding carboxylic acids is 2. The Kier molecular flexibility index (Phi) is 6.83. The van der Waals surface area contributed by atoms with Crippen LogP contribution in [0.4, 0.5) is 5.69 Å². The number of carbonyl (C=O) groups is 2. The van der Waals surface area contributed by atoms with Crippen LogP contribution >= 0.6 is 11.6 Å². The largest absolute Gasteiger partial charge is 0.497 e. The van der Waals surface area contributed by atoms with E-state index < -0.39 is 18.5 Å². The van der Waals surface area contributed by atoms with E-state index in [9.17, 15) is 9.59 Å². The zero-order chi connectivity index (χ0) is 18.9. The maximum absolute atomic E-state index is 11.8. The van der Waals surface area contributed by atoms with E-state index in [-0.39, 0.29) is 17.9 Å². The van der Waals surface area contributed by atoms with E-state index in [2.05, 4.69) is 5.32 Å². The summed E-state index contributed by atoms with van der Waals surface area (Å²) in [5, 5.41) is 11.8. The maximum atomic E-state index is 11.8. The molecule has 0 fully saturated rings. The normalized spacial score (nSPS) is 9.73. The van der Waals surface area contributed by atoms with E-state index in [0.29, 0.717) is 16.5 Å². The number of nitrogens with one attached hydrogen (secondary N) is 1. The fraction of sp³-hybridized carbons (Fsp3) is 0.167. The molecule has 0 saturated heterocycles. The highest BCUT2D eigenvalue weighted by Gasteiger charge is 2.11. The predicted octanol–water partition coefficient (Wildman–Crippen LogP) is 2.78. The summed E-state index contributed by atoms with van der Waals surface area (Å²) in [6.07, 6.45) is 0. The lowest BCUT2D eigenvalue weighted by Gasteiger charge is -2.09. The summed E-state index contributed by atoms with van der Waals surface area (Å²) in [6, 6.07) is 13.0. The summed E-state index contributed by atoms with van der Waals surface area (Å²) in [4.78, 5) is 23.5. The third-order valence-electron chi connectivity index (χ3n) is 3.16. The van der Waals surface area contributed by atoms with Gasteiger partial charge in [-0.05, 0) is 42.5 Å². The van der Waals surface area contributed by atoms with Crippen LogP contribution in [0.1, 0.15) is 5.56 Å². The minimum absolute atomic E-state index is 0.246. The van der Waals surface area contributed by atoms with Gasteiger partial charge in [-0.2, -0.15) is 5.26 Å². The quantitative estimate of drug-likeness (QED) is 0.748. The molecule has 134 valence electrons. The van der Waals surface area contributed by atoms with Crippen molar-refractivity contribution in [1.29, 1.82) is 5.26 Å². The van der Waals surface area contributed by atoms with E-state index in [1.54, 1.807) is 31.4 Å². The van der Waals surface area contributed by atoms with E-state index >= 15 is 0 Å². The first-order chi connectivity index (χ1) is 12.5. The Labute approximate surface area is 155 Å². The molecule has 0 heterocycles. The second-order valence-electron chi connectivity index (χ2n) is 4.97. The summed E-state index contributed by atoms with van der Waals surface area (Å²) in [5.41, 5.74) is 0.493. The monoisotopic (exact) mass is 374 g/mol.